The Morgan fingerprint density at radius 3 is 2.82 bits per heavy atom. The van der Waals surface area contributed by atoms with E-state index in [4.69, 9.17) is 9.47 Å². The van der Waals surface area contributed by atoms with Crippen LogP contribution in [0.25, 0.3) is 0 Å². The zero-order valence-corrected chi connectivity index (χ0v) is 15.5. The molecule has 1 aromatic rings. The molecule has 0 bridgehead atoms. The maximum atomic E-state index is 12.5. The van der Waals surface area contributed by atoms with Crippen LogP contribution in [0.5, 0.6) is 11.5 Å². The predicted octanol–water partition coefficient (Wildman–Crippen LogP) is 2.52. The van der Waals surface area contributed by atoms with E-state index in [1.807, 2.05) is 12.1 Å². The number of methoxy groups -OCH3 is 2. The van der Waals surface area contributed by atoms with E-state index in [0.717, 1.165) is 23.1 Å². The molecule has 0 radical (unpaired) electrons. The van der Waals surface area contributed by atoms with Crippen molar-refractivity contribution in [3.8, 4) is 11.5 Å². The molecule has 0 unspecified atom stereocenters. The number of carbonyl (C=O) groups excluding carboxylic acids is 1. The van der Waals surface area contributed by atoms with E-state index in [-0.39, 0.29) is 5.91 Å². The van der Waals surface area contributed by atoms with Crippen molar-refractivity contribution in [1.82, 2.24) is 10.2 Å². The molecular formula is C16H23IN2O3. The van der Waals surface area contributed by atoms with Crippen LogP contribution in [0.3, 0.4) is 0 Å². The smallest absolute Gasteiger partial charge is 0.255 e. The molecule has 122 valence electrons. The first-order valence-electron chi connectivity index (χ1n) is 7.54. The lowest BCUT2D eigenvalue weighted by Crippen LogP contribution is -2.40. The summed E-state index contributed by atoms with van der Waals surface area (Å²) in [5.41, 5.74) is 0.521. The van der Waals surface area contributed by atoms with Crippen molar-refractivity contribution < 1.29 is 14.3 Å². The van der Waals surface area contributed by atoms with Gasteiger partial charge in [0.15, 0.2) is 11.5 Å². The molecule has 0 aliphatic carbocycles. The van der Waals surface area contributed by atoms with Crippen molar-refractivity contribution in [2.24, 2.45) is 0 Å². The summed E-state index contributed by atoms with van der Waals surface area (Å²) in [6.07, 6.45) is 2.34. The first kappa shape index (κ1) is 17.3. The van der Waals surface area contributed by atoms with Gasteiger partial charge in [-0.2, -0.15) is 0 Å². The third kappa shape index (κ3) is 3.84. The van der Waals surface area contributed by atoms with E-state index in [1.165, 1.54) is 6.42 Å². The molecule has 0 saturated carbocycles. The standard InChI is InChI=1S/C16H23IN2O3/c1-4-19-7-5-6-12(19)10-18-16(20)13-8-11(17)9-14(21-2)15(13)22-3/h8-9,12H,4-7,10H2,1-3H3,(H,18,20)/t12-/m1/s1. The van der Waals surface area contributed by atoms with E-state index in [9.17, 15) is 4.79 Å². The summed E-state index contributed by atoms with van der Waals surface area (Å²) in [6, 6.07) is 4.11. The van der Waals surface area contributed by atoms with Crippen LogP contribution in [0.1, 0.15) is 30.1 Å². The number of hydrogen-bond acceptors (Lipinski definition) is 4. The Bertz CT molecular complexity index is 536. The van der Waals surface area contributed by atoms with Crippen LogP contribution in [0.15, 0.2) is 12.1 Å². The SMILES string of the molecule is CCN1CCC[C@@H]1CNC(=O)c1cc(I)cc(OC)c1OC. The number of nitrogens with one attached hydrogen (secondary N) is 1. The first-order valence-corrected chi connectivity index (χ1v) is 8.62. The summed E-state index contributed by atoms with van der Waals surface area (Å²) in [6.45, 7) is 4.98. The lowest BCUT2D eigenvalue weighted by molar-refractivity contribution is 0.0937. The number of ether oxygens (including phenoxy) is 2. The molecule has 1 amide bonds. The maximum absolute atomic E-state index is 12.5. The molecular weight excluding hydrogens is 395 g/mol. The van der Waals surface area contributed by atoms with Gasteiger partial charge in [-0.05, 0) is 60.7 Å². The molecule has 2 rings (SSSR count). The molecule has 1 heterocycles. The Kier molecular flexibility index (Phi) is 6.31. The Morgan fingerprint density at radius 2 is 2.18 bits per heavy atom. The van der Waals surface area contributed by atoms with Crippen molar-refractivity contribution in [3.05, 3.63) is 21.3 Å². The Hall–Kier alpha value is -1.02. The van der Waals surface area contributed by atoms with E-state index >= 15 is 0 Å². The lowest BCUT2D eigenvalue weighted by Gasteiger charge is -2.23. The summed E-state index contributed by atoms with van der Waals surface area (Å²) < 4.78 is 11.6. The molecule has 1 saturated heterocycles. The number of nitrogens with zero attached hydrogens (tertiary/aromatic N) is 1. The van der Waals surface area contributed by atoms with Gasteiger partial charge < -0.3 is 14.8 Å². The molecule has 1 aromatic carbocycles. The second kappa shape index (κ2) is 8.01. The van der Waals surface area contributed by atoms with E-state index < -0.39 is 0 Å². The predicted molar refractivity (Wildman–Crippen MR) is 94.9 cm³/mol. The first-order chi connectivity index (χ1) is 10.6. The molecule has 0 aromatic heterocycles. The second-order valence-corrected chi connectivity index (χ2v) is 6.57. The number of carbonyl (C=O) groups is 1. The van der Waals surface area contributed by atoms with Gasteiger partial charge in [-0.15, -0.1) is 0 Å². The van der Waals surface area contributed by atoms with Crippen LogP contribution in [0, 0.1) is 3.57 Å². The highest BCUT2D eigenvalue weighted by atomic mass is 127. The molecule has 1 aliphatic rings. The topological polar surface area (TPSA) is 50.8 Å². The molecule has 1 N–H and O–H groups in total. The minimum Gasteiger partial charge on any atom is -0.493 e. The molecule has 1 fully saturated rings. The minimum atomic E-state index is -0.114. The van der Waals surface area contributed by atoms with Gasteiger partial charge in [-0.1, -0.05) is 6.92 Å². The van der Waals surface area contributed by atoms with Crippen molar-refractivity contribution >= 4 is 28.5 Å². The highest BCUT2D eigenvalue weighted by Gasteiger charge is 2.24. The van der Waals surface area contributed by atoms with Crippen molar-refractivity contribution in [1.29, 1.82) is 0 Å². The van der Waals surface area contributed by atoms with Crippen LogP contribution in [-0.2, 0) is 0 Å². The molecule has 1 aliphatic heterocycles. The number of benzene rings is 1. The van der Waals surface area contributed by atoms with Crippen molar-refractivity contribution in [2.75, 3.05) is 33.9 Å². The monoisotopic (exact) mass is 418 g/mol. The number of rotatable bonds is 6. The molecule has 5 nitrogen and oxygen atoms in total. The summed E-state index contributed by atoms with van der Waals surface area (Å²) in [7, 11) is 3.13. The third-order valence-electron chi connectivity index (χ3n) is 4.09. The average molecular weight is 418 g/mol. The third-order valence-corrected chi connectivity index (χ3v) is 4.71. The highest BCUT2D eigenvalue weighted by Crippen LogP contribution is 2.33. The lowest BCUT2D eigenvalue weighted by atomic mass is 10.1. The summed E-state index contributed by atoms with van der Waals surface area (Å²) in [5.74, 6) is 0.950. The fourth-order valence-corrected chi connectivity index (χ4v) is 3.54. The van der Waals surface area contributed by atoms with Gasteiger partial charge >= 0.3 is 0 Å². The Balaban J connectivity index is 2.10. The van der Waals surface area contributed by atoms with Gasteiger partial charge in [0, 0.05) is 16.2 Å². The summed E-state index contributed by atoms with van der Waals surface area (Å²) >= 11 is 2.17. The van der Waals surface area contributed by atoms with Gasteiger partial charge in [-0.3, -0.25) is 9.69 Å². The quantitative estimate of drug-likeness (QED) is 0.722. The average Bonchev–Trinajstić information content (AvgIpc) is 2.99. The summed E-state index contributed by atoms with van der Waals surface area (Å²) in [5, 5.41) is 3.04. The van der Waals surface area contributed by atoms with Gasteiger partial charge in [-0.25, -0.2) is 0 Å². The fourth-order valence-electron chi connectivity index (χ4n) is 2.95. The normalized spacial score (nSPS) is 18.3. The Morgan fingerprint density at radius 1 is 1.41 bits per heavy atom. The largest absolute Gasteiger partial charge is 0.493 e. The zero-order valence-electron chi connectivity index (χ0n) is 13.3. The maximum Gasteiger partial charge on any atom is 0.255 e. The Labute approximate surface area is 145 Å². The zero-order chi connectivity index (χ0) is 16.1. The molecule has 0 spiro atoms. The second-order valence-electron chi connectivity index (χ2n) is 5.32. The number of likely N-dealkylation sites (tertiary alicyclic amines) is 1. The van der Waals surface area contributed by atoms with Gasteiger partial charge in [0.05, 0.1) is 19.8 Å². The number of amides is 1. The fraction of sp³-hybridized carbons (Fsp3) is 0.562. The molecule has 22 heavy (non-hydrogen) atoms. The van der Waals surface area contributed by atoms with Crippen LogP contribution in [0.4, 0.5) is 0 Å². The van der Waals surface area contributed by atoms with E-state index in [0.29, 0.717) is 29.6 Å². The van der Waals surface area contributed by atoms with E-state index in [1.54, 1.807) is 14.2 Å². The van der Waals surface area contributed by atoms with Crippen LogP contribution >= 0.6 is 22.6 Å². The molecule has 1 atom stereocenters. The summed E-state index contributed by atoms with van der Waals surface area (Å²) in [4.78, 5) is 14.9. The van der Waals surface area contributed by atoms with Crippen molar-refractivity contribution in [3.63, 3.8) is 0 Å². The van der Waals surface area contributed by atoms with Crippen molar-refractivity contribution in [2.45, 2.75) is 25.8 Å². The molecule has 6 heteroatoms. The van der Waals surface area contributed by atoms with Crippen LogP contribution < -0.4 is 14.8 Å². The van der Waals surface area contributed by atoms with E-state index in [2.05, 4.69) is 39.7 Å². The van der Waals surface area contributed by atoms with Crippen LogP contribution in [-0.4, -0.2) is 50.7 Å². The van der Waals surface area contributed by atoms with Gasteiger partial charge in [0.2, 0.25) is 0 Å². The van der Waals surface area contributed by atoms with Gasteiger partial charge in [0.25, 0.3) is 5.91 Å². The number of halogens is 1. The number of hydrogen-bond donors (Lipinski definition) is 1. The highest BCUT2D eigenvalue weighted by molar-refractivity contribution is 14.1. The van der Waals surface area contributed by atoms with Gasteiger partial charge in [0.1, 0.15) is 0 Å². The minimum absolute atomic E-state index is 0.114. The van der Waals surface area contributed by atoms with Crippen LogP contribution in [0.2, 0.25) is 0 Å². The number of likely N-dealkylation sites (N-methyl/N-ethyl adjacent to an activating group) is 1.